The van der Waals surface area contributed by atoms with Crippen molar-refractivity contribution in [1.82, 2.24) is 0 Å². The monoisotopic (exact) mass is 347 g/mol. The average molecular weight is 347 g/mol. The highest BCUT2D eigenvalue weighted by Crippen LogP contribution is 2.31. The van der Waals surface area contributed by atoms with Crippen molar-refractivity contribution < 1.29 is 19.1 Å². The minimum Gasteiger partial charge on any atom is -0.496 e. The number of ether oxygens (including phenoxy) is 2. The molecule has 3 aromatic rings. The molecule has 0 fully saturated rings. The zero-order valence-corrected chi connectivity index (χ0v) is 14.1. The maximum atomic E-state index is 12.5. The van der Waals surface area contributed by atoms with Crippen molar-refractivity contribution in [2.75, 3.05) is 7.11 Å². The van der Waals surface area contributed by atoms with Gasteiger partial charge in [-0.1, -0.05) is 36.4 Å². The fourth-order valence-corrected chi connectivity index (χ4v) is 2.56. The number of esters is 1. The van der Waals surface area contributed by atoms with Crippen molar-refractivity contribution >= 4 is 11.9 Å². The molecule has 0 radical (unpaired) electrons. The summed E-state index contributed by atoms with van der Waals surface area (Å²) < 4.78 is 10.8. The van der Waals surface area contributed by atoms with Crippen LogP contribution in [0.15, 0.2) is 72.8 Å². The first-order valence-corrected chi connectivity index (χ1v) is 7.94. The molecule has 0 saturated carbocycles. The molecule has 0 unspecified atom stereocenters. The predicted molar refractivity (Wildman–Crippen MR) is 98.3 cm³/mol. The lowest BCUT2D eigenvalue weighted by Crippen LogP contribution is -2.12. The van der Waals surface area contributed by atoms with Crippen LogP contribution in [0, 0.1) is 0 Å². The molecular weight excluding hydrogens is 330 g/mol. The number of amides is 1. The average Bonchev–Trinajstić information content (AvgIpc) is 2.68. The van der Waals surface area contributed by atoms with Crippen molar-refractivity contribution in [3.63, 3.8) is 0 Å². The van der Waals surface area contributed by atoms with E-state index < -0.39 is 11.9 Å². The molecular formula is C21H17NO4. The fourth-order valence-electron chi connectivity index (χ4n) is 2.56. The van der Waals surface area contributed by atoms with Crippen LogP contribution < -0.4 is 15.2 Å². The van der Waals surface area contributed by atoms with Crippen LogP contribution in [-0.4, -0.2) is 19.0 Å². The summed E-state index contributed by atoms with van der Waals surface area (Å²) in [4.78, 5) is 23.7. The Kier molecular flexibility index (Phi) is 4.99. The first kappa shape index (κ1) is 17.2. The Hall–Kier alpha value is -3.60. The molecule has 2 N–H and O–H groups in total. The van der Waals surface area contributed by atoms with E-state index in [0.29, 0.717) is 11.3 Å². The van der Waals surface area contributed by atoms with Crippen LogP contribution in [0.4, 0.5) is 0 Å². The van der Waals surface area contributed by atoms with Gasteiger partial charge in [-0.05, 0) is 42.0 Å². The van der Waals surface area contributed by atoms with E-state index in [1.165, 1.54) is 6.07 Å². The van der Waals surface area contributed by atoms with Crippen LogP contribution in [0.25, 0.3) is 11.1 Å². The van der Waals surface area contributed by atoms with Crippen molar-refractivity contribution in [3.05, 3.63) is 83.9 Å². The van der Waals surface area contributed by atoms with Gasteiger partial charge in [0.1, 0.15) is 11.5 Å². The number of benzene rings is 3. The molecule has 0 aromatic heterocycles. The van der Waals surface area contributed by atoms with Gasteiger partial charge in [0.05, 0.1) is 12.7 Å². The molecule has 3 rings (SSSR count). The first-order chi connectivity index (χ1) is 12.6. The van der Waals surface area contributed by atoms with Crippen molar-refractivity contribution in [2.45, 2.75) is 0 Å². The van der Waals surface area contributed by atoms with Gasteiger partial charge in [-0.3, -0.25) is 4.79 Å². The number of carbonyl (C=O) groups excluding carboxylic acids is 2. The van der Waals surface area contributed by atoms with Gasteiger partial charge in [0.15, 0.2) is 0 Å². The minimum absolute atomic E-state index is 0.253. The minimum atomic E-state index is -0.585. The molecule has 1 amide bonds. The van der Waals surface area contributed by atoms with E-state index in [1.807, 2.05) is 30.3 Å². The number of hydrogen-bond donors (Lipinski definition) is 1. The lowest BCUT2D eigenvalue weighted by atomic mass is 10.0. The highest BCUT2D eigenvalue weighted by Gasteiger charge is 2.14. The number of primary amides is 1. The van der Waals surface area contributed by atoms with Gasteiger partial charge in [-0.25, -0.2) is 4.79 Å². The second-order valence-electron chi connectivity index (χ2n) is 5.56. The van der Waals surface area contributed by atoms with Crippen molar-refractivity contribution in [2.24, 2.45) is 5.73 Å². The third kappa shape index (κ3) is 3.72. The second-order valence-corrected chi connectivity index (χ2v) is 5.56. The number of nitrogens with two attached hydrogens (primary N) is 1. The second kappa shape index (κ2) is 7.53. The third-order valence-electron chi connectivity index (χ3n) is 3.85. The normalized spacial score (nSPS) is 10.2. The van der Waals surface area contributed by atoms with E-state index in [2.05, 4.69) is 0 Å². The number of methoxy groups -OCH3 is 1. The number of carbonyl (C=O) groups is 2. The molecule has 3 aromatic carbocycles. The Morgan fingerprint density at radius 3 is 2.31 bits per heavy atom. The van der Waals surface area contributed by atoms with Crippen LogP contribution >= 0.6 is 0 Å². The molecule has 130 valence electrons. The Morgan fingerprint density at radius 1 is 0.846 bits per heavy atom. The van der Waals surface area contributed by atoms with E-state index in [1.54, 1.807) is 43.5 Å². The van der Waals surface area contributed by atoms with Crippen LogP contribution in [-0.2, 0) is 0 Å². The summed E-state index contributed by atoms with van der Waals surface area (Å²) >= 11 is 0. The molecule has 0 heterocycles. The van der Waals surface area contributed by atoms with E-state index in [0.717, 1.165) is 11.1 Å². The lowest BCUT2D eigenvalue weighted by molar-refractivity contribution is 0.0733. The Balaban J connectivity index is 1.91. The van der Waals surface area contributed by atoms with E-state index in [-0.39, 0.29) is 11.3 Å². The summed E-state index contributed by atoms with van der Waals surface area (Å²) in [5.41, 5.74) is 7.60. The Labute approximate surface area is 151 Å². The van der Waals surface area contributed by atoms with Gasteiger partial charge in [0.2, 0.25) is 5.91 Å². The molecule has 0 spiro atoms. The fraction of sp³-hybridized carbons (Fsp3) is 0.0476. The zero-order chi connectivity index (χ0) is 18.5. The van der Waals surface area contributed by atoms with E-state index >= 15 is 0 Å². The van der Waals surface area contributed by atoms with E-state index in [4.69, 9.17) is 15.2 Å². The van der Waals surface area contributed by atoms with Gasteiger partial charge < -0.3 is 15.2 Å². The summed E-state index contributed by atoms with van der Waals surface area (Å²) in [6, 6.07) is 20.9. The molecule has 0 saturated heterocycles. The predicted octanol–water partition coefficient (Wildman–Crippen LogP) is 3.68. The maximum Gasteiger partial charge on any atom is 0.343 e. The molecule has 0 atom stereocenters. The molecule has 0 aliphatic carbocycles. The maximum absolute atomic E-state index is 12.5. The highest BCUT2D eigenvalue weighted by atomic mass is 16.5. The highest BCUT2D eigenvalue weighted by molar-refractivity contribution is 5.95. The molecule has 0 aliphatic heterocycles. The van der Waals surface area contributed by atoms with Gasteiger partial charge in [0.25, 0.3) is 0 Å². The summed E-state index contributed by atoms with van der Waals surface area (Å²) in [6.07, 6.45) is 0. The quantitative estimate of drug-likeness (QED) is 0.564. The summed E-state index contributed by atoms with van der Waals surface area (Å²) in [7, 11) is 1.58. The van der Waals surface area contributed by atoms with Gasteiger partial charge >= 0.3 is 5.97 Å². The lowest BCUT2D eigenvalue weighted by Gasteiger charge is -2.11. The smallest absolute Gasteiger partial charge is 0.343 e. The van der Waals surface area contributed by atoms with Crippen molar-refractivity contribution in [3.8, 4) is 22.6 Å². The Morgan fingerprint density at radius 2 is 1.62 bits per heavy atom. The number of hydrogen-bond acceptors (Lipinski definition) is 4. The van der Waals surface area contributed by atoms with Gasteiger partial charge in [0, 0.05) is 11.1 Å². The van der Waals surface area contributed by atoms with Gasteiger partial charge in [-0.2, -0.15) is 0 Å². The molecule has 0 aliphatic rings. The van der Waals surface area contributed by atoms with Crippen molar-refractivity contribution in [1.29, 1.82) is 0 Å². The van der Waals surface area contributed by atoms with Crippen LogP contribution in [0.5, 0.6) is 11.5 Å². The summed E-state index contributed by atoms with van der Waals surface area (Å²) in [5, 5.41) is 0. The molecule has 5 heteroatoms. The first-order valence-electron chi connectivity index (χ1n) is 7.94. The molecule has 0 bridgehead atoms. The van der Waals surface area contributed by atoms with Crippen LogP contribution in [0.1, 0.15) is 20.7 Å². The van der Waals surface area contributed by atoms with E-state index in [9.17, 15) is 9.59 Å². The van der Waals surface area contributed by atoms with Crippen LogP contribution in [0.3, 0.4) is 0 Å². The van der Waals surface area contributed by atoms with Crippen LogP contribution in [0.2, 0.25) is 0 Å². The summed E-state index contributed by atoms with van der Waals surface area (Å²) in [6.45, 7) is 0. The molecule has 5 nitrogen and oxygen atoms in total. The molecule has 26 heavy (non-hydrogen) atoms. The largest absolute Gasteiger partial charge is 0.496 e. The van der Waals surface area contributed by atoms with Gasteiger partial charge in [-0.15, -0.1) is 0 Å². The summed E-state index contributed by atoms with van der Waals surface area (Å²) in [5.74, 6) is -0.211. The topological polar surface area (TPSA) is 78.6 Å². The third-order valence-corrected chi connectivity index (χ3v) is 3.85. The SMILES string of the molecule is COc1ccc(C(=O)Oc2cccc(C(N)=O)c2)cc1-c1ccccc1. The standard InChI is InChI=1S/C21H17NO4/c1-25-19-11-10-16(13-18(19)14-6-3-2-4-7-14)21(24)26-17-9-5-8-15(12-17)20(22)23/h2-13H,1H3,(H2,22,23). The zero-order valence-electron chi connectivity index (χ0n) is 14.1. The number of rotatable bonds is 5. The Bertz CT molecular complexity index is 951.